The van der Waals surface area contributed by atoms with E-state index in [1.54, 1.807) is 42.5 Å². The summed E-state index contributed by atoms with van der Waals surface area (Å²) in [7, 11) is -11.0. The first-order chi connectivity index (χ1) is 18.1. The molecule has 1 unspecified atom stereocenters. The fourth-order valence-electron chi connectivity index (χ4n) is 3.77. The van der Waals surface area contributed by atoms with Crippen molar-refractivity contribution in [3.8, 4) is 0 Å². The van der Waals surface area contributed by atoms with E-state index in [9.17, 15) is 21.9 Å². The van der Waals surface area contributed by atoms with Crippen molar-refractivity contribution in [3.63, 3.8) is 0 Å². The molecule has 3 aromatic rings. The first kappa shape index (κ1) is 31.0. The fourth-order valence-corrected chi connectivity index (χ4v) is 9.30. The Morgan fingerprint density at radius 3 is 1.87 bits per heavy atom. The lowest BCUT2D eigenvalue weighted by Gasteiger charge is -2.36. The summed E-state index contributed by atoms with van der Waals surface area (Å²) in [5, 5.41) is 10.7. The topological polar surface area (TPSA) is 111 Å². The van der Waals surface area contributed by atoms with Gasteiger partial charge in [0.2, 0.25) is 0 Å². The van der Waals surface area contributed by atoms with Gasteiger partial charge in [0.25, 0.3) is 0 Å². The molecule has 0 fully saturated rings. The third-order valence-electron chi connectivity index (χ3n) is 7.14. The monoisotopic (exact) mass is 590 g/mol. The molecule has 10 heteroatoms. The van der Waals surface area contributed by atoms with Gasteiger partial charge in [0.1, 0.15) is 0 Å². The fraction of sp³-hybridized carbons (Fsp3) is 0.379. The highest BCUT2D eigenvalue weighted by Gasteiger charge is 2.42. The molecule has 0 spiro atoms. The SMILES string of the molecule is CC(C)(C)[Si](C)(C)OC/C(=C/C(O)Cc1ccoc1)CC(S(=O)(=O)c1ccccc1)S(=O)(=O)c1ccccc1. The summed E-state index contributed by atoms with van der Waals surface area (Å²) in [6.45, 7) is 10.4. The number of hydrogen-bond donors (Lipinski definition) is 1. The van der Waals surface area contributed by atoms with E-state index in [0.717, 1.165) is 5.56 Å². The van der Waals surface area contributed by atoms with Gasteiger partial charge >= 0.3 is 0 Å². The van der Waals surface area contributed by atoms with Gasteiger partial charge in [-0.05, 0) is 59.6 Å². The van der Waals surface area contributed by atoms with Crippen molar-refractivity contribution in [2.45, 2.75) is 72.2 Å². The molecule has 0 radical (unpaired) electrons. The van der Waals surface area contributed by atoms with Crippen molar-refractivity contribution in [1.29, 1.82) is 0 Å². The molecule has 212 valence electrons. The number of furan rings is 1. The molecule has 1 N–H and O–H groups in total. The summed E-state index contributed by atoms with van der Waals surface area (Å²) >= 11 is 0. The molecule has 0 saturated carbocycles. The maximum absolute atomic E-state index is 13.9. The molecule has 7 nitrogen and oxygen atoms in total. The third kappa shape index (κ3) is 7.79. The van der Waals surface area contributed by atoms with E-state index in [2.05, 4.69) is 33.9 Å². The third-order valence-corrected chi connectivity index (χ3v) is 16.7. The number of rotatable bonds is 12. The predicted molar refractivity (Wildman–Crippen MR) is 155 cm³/mol. The molecule has 1 aromatic heterocycles. The Morgan fingerprint density at radius 2 is 1.44 bits per heavy atom. The predicted octanol–water partition coefficient (Wildman–Crippen LogP) is 5.80. The first-order valence-electron chi connectivity index (χ1n) is 12.7. The first-order valence-corrected chi connectivity index (χ1v) is 18.8. The molecule has 1 heterocycles. The number of sulfone groups is 2. The van der Waals surface area contributed by atoms with Crippen molar-refractivity contribution in [1.82, 2.24) is 0 Å². The van der Waals surface area contributed by atoms with Gasteiger partial charge in [0.05, 0.1) is 35.0 Å². The van der Waals surface area contributed by atoms with E-state index in [1.807, 2.05) is 0 Å². The van der Waals surface area contributed by atoms with E-state index in [4.69, 9.17) is 8.84 Å². The van der Waals surface area contributed by atoms with E-state index < -0.39 is 38.7 Å². The summed E-state index contributed by atoms with van der Waals surface area (Å²) in [4.78, 5) is -0.170. The lowest BCUT2D eigenvalue weighted by molar-refractivity contribution is 0.220. The minimum absolute atomic E-state index is 0.00403. The summed E-state index contributed by atoms with van der Waals surface area (Å²) in [6.07, 6.45) is 3.41. The summed E-state index contributed by atoms with van der Waals surface area (Å²) < 4.78 is 65.2. The van der Waals surface area contributed by atoms with Gasteiger partial charge < -0.3 is 13.9 Å². The van der Waals surface area contributed by atoms with Crippen LogP contribution in [0.25, 0.3) is 0 Å². The quantitative estimate of drug-likeness (QED) is 0.210. The highest BCUT2D eigenvalue weighted by molar-refractivity contribution is 8.09. The summed E-state index contributed by atoms with van der Waals surface area (Å²) in [5.41, 5.74) is 1.16. The number of hydrogen-bond acceptors (Lipinski definition) is 7. The number of benzene rings is 2. The normalized spacial score (nSPS) is 14.5. The molecule has 3 rings (SSSR count). The van der Waals surface area contributed by atoms with Crippen LogP contribution in [0.1, 0.15) is 32.8 Å². The van der Waals surface area contributed by atoms with E-state index >= 15 is 0 Å². The zero-order valence-corrected chi connectivity index (χ0v) is 25.7. The Balaban J connectivity index is 2.08. The van der Waals surface area contributed by atoms with Crippen molar-refractivity contribution in [2.24, 2.45) is 0 Å². The van der Waals surface area contributed by atoms with Gasteiger partial charge in [-0.3, -0.25) is 0 Å². The maximum Gasteiger partial charge on any atom is 0.196 e. The molecular formula is C29H38O7S2Si. The van der Waals surface area contributed by atoms with Crippen LogP contribution in [0.5, 0.6) is 0 Å². The zero-order valence-electron chi connectivity index (χ0n) is 23.1. The summed E-state index contributed by atoms with van der Waals surface area (Å²) in [6, 6.07) is 16.9. The lowest BCUT2D eigenvalue weighted by Crippen LogP contribution is -2.41. The highest BCUT2D eigenvalue weighted by Crippen LogP contribution is 2.37. The van der Waals surface area contributed by atoms with E-state index in [-0.39, 0.29) is 34.3 Å². The molecule has 2 aromatic carbocycles. The van der Waals surface area contributed by atoms with Crippen LogP contribution in [0.2, 0.25) is 18.1 Å². The zero-order chi connectivity index (χ0) is 28.9. The standard InChI is InChI=1S/C29H38O7S2Si/c1-29(2,3)39(4,5)36-22-24(19-25(30)18-23-16-17-35-21-23)20-28(37(31,32)26-12-8-6-9-13-26)38(33,34)27-14-10-7-11-15-27/h6-17,19,21,25,28,30H,18,20,22H2,1-5H3/b24-19+. The molecule has 0 aliphatic heterocycles. The van der Waals surface area contributed by atoms with Crippen LogP contribution < -0.4 is 0 Å². The lowest BCUT2D eigenvalue weighted by atomic mass is 10.1. The van der Waals surface area contributed by atoms with Gasteiger partial charge in [-0.2, -0.15) is 0 Å². The Labute approximate surface area is 233 Å². The maximum atomic E-state index is 13.9. The Morgan fingerprint density at radius 1 is 0.923 bits per heavy atom. The molecule has 0 bridgehead atoms. The van der Waals surface area contributed by atoms with Gasteiger partial charge in [0, 0.05) is 12.8 Å². The average molecular weight is 591 g/mol. The van der Waals surface area contributed by atoms with E-state index in [0.29, 0.717) is 5.57 Å². The van der Waals surface area contributed by atoms with Gasteiger partial charge in [-0.1, -0.05) is 63.2 Å². The van der Waals surface area contributed by atoms with Gasteiger partial charge in [-0.25, -0.2) is 16.8 Å². The van der Waals surface area contributed by atoms with Crippen LogP contribution in [0.4, 0.5) is 0 Å². The minimum atomic E-state index is -4.34. The second kappa shape index (κ2) is 12.3. The number of aliphatic hydroxyl groups is 1. The highest BCUT2D eigenvalue weighted by atomic mass is 32.3. The second-order valence-corrected chi connectivity index (χ2v) is 20.5. The van der Waals surface area contributed by atoms with Gasteiger partial charge in [0.15, 0.2) is 32.6 Å². The van der Waals surface area contributed by atoms with Crippen molar-refractivity contribution < 1.29 is 30.8 Å². The molecule has 0 amide bonds. The smallest absolute Gasteiger partial charge is 0.196 e. The molecule has 1 atom stereocenters. The molecule has 39 heavy (non-hydrogen) atoms. The Kier molecular flexibility index (Phi) is 9.82. The molecule has 0 aliphatic rings. The molecule has 0 aliphatic carbocycles. The van der Waals surface area contributed by atoms with Crippen molar-refractivity contribution in [2.75, 3.05) is 6.61 Å². The van der Waals surface area contributed by atoms with Crippen molar-refractivity contribution >= 4 is 28.0 Å². The van der Waals surface area contributed by atoms with Gasteiger partial charge in [-0.15, -0.1) is 0 Å². The number of aliphatic hydroxyl groups excluding tert-OH is 1. The van der Waals surface area contributed by atoms with Crippen LogP contribution in [0.3, 0.4) is 0 Å². The largest absolute Gasteiger partial charge is 0.472 e. The van der Waals surface area contributed by atoms with Crippen LogP contribution >= 0.6 is 0 Å². The summed E-state index contributed by atoms with van der Waals surface area (Å²) in [5.74, 6) is 0. The van der Waals surface area contributed by atoms with Crippen LogP contribution in [-0.2, 0) is 30.5 Å². The molecular weight excluding hydrogens is 553 g/mol. The second-order valence-electron chi connectivity index (χ2n) is 11.1. The average Bonchev–Trinajstić information content (AvgIpc) is 3.38. The minimum Gasteiger partial charge on any atom is -0.472 e. The van der Waals surface area contributed by atoms with Crippen molar-refractivity contribution in [3.05, 3.63) is 96.5 Å². The Hall–Kier alpha value is -2.50. The van der Waals surface area contributed by atoms with Crippen LogP contribution in [0.15, 0.2) is 105 Å². The van der Waals surface area contributed by atoms with E-state index in [1.165, 1.54) is 42.9 Å². The Bertz CT molecular complexity index is 1370. The molecule has 0 saturated heterocycles. The van der Waals surface area contributed by atoms with Crippen LogP contribution in [0, 0.1) is 0 Å². The van der Waals surface area contributed by atoms with Crippen LogP contribution in [-0.4, -0.2) is 47.6 Å².